The van der Waals surface area contributed by atoms with E-state index in [-0.39, 0.29) is 17.6 Å². The second-order valence-corrected chi connectivity index (χ2v) is 7.02. The molecule has 5 nitrogen and oxygen atoms in total. The lowest BCUT2D eigenvalue weighted by molar-refractivity contribution is -0.127. The van der Waals surface area contributed by atoms with Crippen molar-refractivity contribution in [3.63, 3.8) is 0 Å². The van der Waals surface area contributed by atoms with Gasteiger partial charge < -0.3 is 14.8 Å². The van der Waals surface area contributed by atoms with Crippen molar-refractivity contribution in [2.24, 2.45) is 0 Å². The van der Waals surface area contributed by atoms with E-state index in [4.69, 9.17) is 9.47 Å². The molecule has 0 aromatic heterocycles. The van der Waals surface area contributed by atoms with E-state index in [1.165, 1.54) is 5.56 Å². The smallest absolute Gasteiger partial charge is 0.237 e. The van der Waals surface area contributed by atoms with Crippen LogP contribution in [-0.4, -0.2) is 48.8 Å². The normalized spacial score (nSPS) is 21.3. The van der Waals surface area contributed by atoms with Crippen LogP contribution in [0.3, 0.4) is 0 Å². The van der Waals surface area contributed by atoms with Gasteiger partial charge in [0, 0.05) is 26.1 Å². The molecule has 0 bridgehead atoms. The van der Waals surface area contributed by atoms with Gasteiger partial charge in [-0.1, -0.05) is 12.1 Å². The molecule has 1 amide bonds. The highest BCUT2D eigenvalue weighted by Crippen LogP contribution is 2.35. The number of carbonyl (C=O) groups is 1. The van der Waals surface area contributed by atoms with Gasteiger partial charge in [-0.05, 0) is 38.0 Å². The molecule has 0 aliphatic carbocycles. The summed E-state index contributed by atoms with van der Waals surface area (Å²) in [5, 5.41) is 3.05. The van der Waals surface area contributed by atoms with Gasteiger partial charge in [0.15, 0.2) is 0 Å². The molecule has 5 heteroatoms. The summed E-state index contributed by atoms with van der Waals surface area (Å²) in [5.74, 6) is 1.04. The third-order valence-electron chi connectivity index (χ3n) is 4.57. The zero-order chi connectivity index (χ0) is 16.4. The van der Waals surface area contributed by atoms with Crippen LogP contribution in [-0.2, 0) is 22.5 Å². The predicted molar refractivity (Wildman–Crippen MR) is 88.6 cm³/mol. The molecule has 1 fully saturated rings. The second-order valence-electron chi connectivity index (χ2n) is 7.02. The highest BCUT2D eigenvalue weighted by molar-refractivity contribution is 5.81. The SMILES string of the molecule is C[C@H](C(=O)NCc1ccc2c(c1)CC(C)(C)O2)N1CCOCC1. The first-order chi connectivity index (χ1) is 10.9. The quantitative estimate of drug-likeness (QED) is 0.919. The Morgan fingerprint density at radius 3 is 2.83 bits per heavy atom. The monoisotopic (exact) mass is 318 g/mol. The summed E-state index contributed by atoms with van der Waals surface area (Å²) >= 11 is 0. The number of morpholine rings is 1. The number of benzene rings is 1. The van der Waals surface area contributed by atoms with Crippen molar-refractivity contribution in [2.45, 2.75) is 45.4 Å². The Labute approximate surface area is 137 Å². The van der Waals surface area contributed by atoms with Crippen LogP contribution in [0.15, 0.2) is 18.2 Å². The molecule has 0 radical (unpaired) electrons. The lowest BCUT2D eigenvalue weighted by Crippen LogP contribution is -2.49. The van der Waals surface area contributed by atoms with Gasteiger partial charge in [-0.15, -0.1) is 0 Å². The average Bonchev–Trinajstić information content (AvgIpc) is 2.85. The van der Waals surface area contributed by atoms with Crippen molar-refractivity contribution in [3.8, 4) is 5.75 Å². The molecule has 23 heavy (non-hydrogen) atoms. The van der Waals surface area contributed by atoms with Crippen molar-refractivity contribution in [2.75, 3.05) is 26.3 Å². The number of amides is 1. The second kappa shape index (κ2) is 6.49. The maximum absolute atomic E-state index is 12.3. The molecular formula is C18H26N2O3. The minimum atomic E-state index is -0.130. The van der Waals surface area contributed by atoms with E-state index in [1.807, 2.05) is 19.1 Å². The van der Waals surface area contributed by atoms with E-state index in [9.17, 15) is 4.79 Å². The minimum Gasteiger partial charge on any atom is -0.487 e. The molecule has 3 rings (SSSR count). The summed E-state index contributed by atoms with van der Waals surface area (Å²) in [5.41, 5.74) is 2.21. The van der Waals surface area contributed by atoms with Gasteiger partial charge in [-0.3, -0.25) is 9.69 Å². The maximum Gasteiger partial charge on any atom is 0.237 e. The lowest BCUT2D eigenvalue weighted by Gasteiger charge is -2.31. The van der Waals surface area contributed by atoms with E-state index in [1.54, 1.807) is 0 Å². The van der Waals surface area contributed by atoms with Crippen LogP contribution in [0, 0.1) is 0 Å². The molecule has 1 aromatic rings. The van der Waals surface area contributed by atoms with E-state index in [0.717, 1.165) is 30.8 Å². The average molecular weight is 318 g/mol. The Morgan fingerprint density at radius 2 is 2.09 bits per heavy atom. The van der Waals surface area contributed by atoms with Crippen molar-refractivity contribution in [3.05, 3.63) is 29.3 Å². The first kappa shape index (κ1) is 16.3. The zero-order valence-corrected chi connectivity index (χ0v) is 14.2. The highest BCUT2D eigenvalue weighted by atomic mass is 16.5. The molecule has 1 aromatic carbocycles. The van der Waals surface area contributed by atoms with Gasteiger partial charge in [0.1, 0.15) is 11.4 Å². The van der Waals surface area contributed by atoms with Gasteiger partial charge in [0.2, 0.25) is 5.91 Å². The lowest BCUT2D eigenvalue weighted by atomic mass is 10.0. The number of fused-ring (bicyclic) bond motifs is 1. The fraction of sp³-hybridized carbons (Fsp3) is 0.611. The van der Waals surface area contributed by atoms with Gasteiger partial charge in [0.25, 0.3) is 0 Å². The molecule has 0 spiro atoms. The summed E-state index contributed by atoms with van der Waals surface area (Å²) in [6.07, 6.45) is 0.911. The number of carbonyl (C=O) groups excluding carboxylic acids is 1. The number of nitrogens with zero attached hydrogens (tertiary/aromatic N) is 1. The number of nitrogens with one attached hydrogen (secondary N) is 1. The molecule has 126 valence electrons. The molecule has 2 heterocycles. The Bertz CT molecular complexity index is 580. The van der Waals surface area contributed by atoms with Crippen LogP contribution >= 0.6 is 0 Å². The topological polar surface area (TPSA) is 50.8 Å². The molecule has 2 aliphatic heterocycles. The summed E-state index contributed by atoms with van der Waals surface area (Å²) in [6.45, 7) is 9.76. The van der Waals surface area contributed by atoms with E-state index >= 15 is 0 Å². The van der Waals surface area contributed by atoms with Crippen molar-refractivity contribution < 1.29 is 14.3 Å². The van der Waals surface area contributed by atoms with Crippen LogP contribution in [0.2, 0.25) is 0 Å². The largest absolute Gasteiger partial charge is 0.487 e. The fourth-order valence-electron chi connectivity index (χ4n) is 3.24. The number of ether oxygens (including phenoxy) is 2. The number of rotatable bonds is 4. The highest BCUT2D eigenvalue weighted by Gasteiger charge is 2.30. The summed E-state index contributed by atoms with van der Waals surface area (Å²) in [4.78, 5) is 14.5. The molecule has 0 unspecified atom stereocenters. The van der Waals surface area contributed by atoms with Gasteiger partial charge >= 0.3 is 0 Å². The molecule has 1 saturated heterocycles. The van der Waals surface area contributed by atoms with Crippen molar-refractivity contribution in [1.82, 2.24) is 10.2 Å². The summed E-state index contributed by atoms with van der Waals surface area (Å²) in [6, 6.07) is 6.07. The number of hydrogen-bond donors (Lipinski definition) is 1. The first-order valence-corrected chi connectivity index (χ1v) is 8.35. The molecule has 0 saturated carbocycles. The third-order valence-corrected chi connectivity index (χ3v) is 4.57. The maximum atomic E-state index is 12.3. The third kappa shape index (κ3) is 3.85. The van der Waals surface area contributed by atoms with Crippen LogP contribution in [0.4, 0.5) is 0 Å². The predicted octanol–water partition coefficient (Wildman–Crippen LogP) is 1.74. The van der Waals surface area contributed by atoms with Crippen LogP contribution in [0.25, 0.3) is 0 Å². The van der Waals surface area contributed by atoms with Crippen molar-refractivity contribution in [1.29, 1.82) is 0 Å². The minimum absolute atomic E-state index is 0.0731. The molecule has 1 N–H and O–H groups in total. The van der Waals surface area contributed by atoms with Crippen molar-refractivity contribution >= 4 is 5.91 Å². The molecular weight excluding hydrogens is 292 g/mol. The van der Waals surface area contributed by atoms with E-state index in [2.05, 4.69) is 30.1 Å². The summed E-state index contributed by atoms with van der Waals surface area (Å²) < 4.78 is 11.2. The van der Waals surface area contributed by atoms with Crippen LogP contribution < -0.4 is 10.1 Å². The fourth-order valence-corrected chi connectivity index (χ4v) is 3.24. The van der Waals surface area contributed by atoms with Crippen LogP contribution in [0.5, 0.6) is 5.75 Å². The Morgan fingerprint density at radius 1 is 1.35 bits per heavy atom. The van der Waals surface area contributed by atoms with Crippen LogP contribution in [0.1, 0.15) is 31.9 Å². The van der Waals surface area contributed by atoms with E-state index in [0.29, 0.717) is 19.8 Å². The Kier molecular flexibility index (Phi) is 4.60. The molecule has 1 atom stereocenters. The standard InChI is InChI=1S/C18H26N2O3/c1-13(20-6-8-22-9-7-20)17(21)19-12-14-4-5-16-15(10-14)11-18(2,3)23-16/h4-5,10,13H,6-9,11-12H2,1-3H3,(H,19,21)/t13-/m1/s1. The number of hydrogen-bond acceptors (Lipinski definition) is 4. The Balaban J connectivity index is 1.55. The van der Waals surface area contributed by atoms with Gasteiger partial charge in [-0.2, -0.15) is 0 Å². The van der Waals surface area contributed by atoms with Gasteiger partial charge in [0.05, 0.1) is 19.3 Å². The van der Waals surface area contributed by atoms with Gasteiger partial charge in [-0.25, -0.2) is 0 Å². The zero-order valence-electron chi connectivity index (χ0n) is 14.2. The Hall–Kier alpha value is -1.59. The summed E-state index contributed by atoms with van der Waals surface area (Å²) in [7, 11) is 0. The van der Waals surface area contributed by atoms with E-state index < -0.39 is 0 Å². The molecule has 2 aliphatic rings. The first-order valence-electron chi connectivity index (χ1n) is 8.35.